The summed E-state index contributed by atoms with van der Waals surface area (Å²) in [6.45, 7) is 1.48. The van der Waals surface area contributed by atoms with Crippen LogP contribution in [0.1, 0.15) is 28.4 Å². The van der Waals surface area contributed by atoms with Gasteiger partial charge in [0.05, 0.1) is 18.0 Å². The highest BCUT2D eigenvalue weighted by molar-refractivity contribution is 6.17. The molecule has 4 atom stereocenters. The monoisotopic (exact) mass is 502 g/mol. The van der Waals surface area contributed by atoms with E-state index >= 15 is 0 Å². The van der Waals surface area contributed by atoms with Gasteiger partial charge in [0.2, 0.25) is 5.91 Å². The topological polar surface area (TPSA) is 66.5 Å². The van der Waals surface area contributed by atoms with Gasteiger partial charge in [-0.15, -0.1) is 0 Å². The molecule has 1 fully saturated rings. The van der Waals surface area contributed by atoms with Crippen LogP contribution in [-0.2, 0) is 15.0 Å². The quantitative estimate of drug-likeness (QED) is 0.374. The number of nitrogens with one attached hydrogen (secondary N) is 1. The minimum Gasteiger partial charge on any atom is -0.352 e. The SMILES string of the molecule is CC(=O)[C@@H]1[C@H](C(=O)c2ccc(F)cc2)[C@]2(C(=O)Nc3ccccc32)[C@@H]2C=Cc3c(ccc4ccccc34)N12. The maximum absolute atomic E-state index is 14.4. The zero-order valence-corrected chi connectivity index (χ0v) is 20.5. The van der Waals surface area contributed by atoms with E-state index in [4.69, 9.17) is 0 Å². The number of rotatable bonds is 3. The van der Waals surface area contributed by atoms with Gasteiger partial charge >= 0.3 is 0 Å². The minimum atomic E-state index is -1.35. The van der Waals surface area contributed by atoms with E-state index in [-0.39, 0.29) is 23.0 Å². The van der Waals surface area contributed by atoms with Crippen LogP contribution in [0.5, 0.6) is 0 Å². The Hall–Kier alpha value is -4.58. The number of hydrogen-bond donors (Lipinski definition) is 1. The summed E-state index contributed by atoms with van der Waals surface area (Å²) >= 11 is 0. The predicted molar refractivity (Wildman–Crippen MR) is 145 cm³/mol. The van der Waals surface area contributed by atoms with Crippen molar-refractivity contribution in [3.8, 4) is 0 Å². The van der Waals surface area contributed by atoms with Crippen molar-refractivity contribution in [3.63, 3.8) is 0 Å². The van der Waals surface area contributed by atoms with Gasteiger partial charge in [0.15, 0.2) is 11.6 Å². The highest BCUT2D eigenvalue weighted by atomic mass is 19.1. The zero-order chi connectivity index (χ0) is 26.2. The average Bonchev–Trinajstić information content (AvgIpc) is 3.41. The molecule has 0 aromatic heterocycles. The number of hydrogen-bond acceptors (Lipinski definition) is 4. The molecule has 0 bridgehead atoms. The molecule has 1 amide bonds. The van der Waals surface area contributed by atoms with Crippen LogP contribution in [0.2, 0.25) is 0 Å². The number of halogens is 1. The molecular weight excluding hydrogens is 479 g/mol. The lowest BCUT2D eigenvalue weighted by Gasteiger charge is -2.38. The first-order chi connectivity index (χ1) is 18.4. The van der Waals surface area contributed by atoms with Crippen LogP contribution < -0.4 is 10.2 Å². The fourth-order valence-electron chi connectivity index (χ4n) is 6.88. The summed E-state index contributed by atoms with van der Waals surface area (Å²) in [7, 11) is 0. The molecule has 0 aliphatic carbocycles. The third kappa shape index (κ3) is 2.83. The standard InChI is InChI=1S/C32H23FN2O3/c1-18(36)29-28(30(37)20-10-13-21(33)14-11-20)32(24-8-4-5-9-25(24)34-31(32)38)27-17-15-23-22-7-3-2-6-19(22)12-16-26(23)35(27)29/h2-17,27-29H,1H3,(H,34,38)/t27-,28+,29+,32+/m0/s1. The molecule has 186 valence electrons. The summed E-state index contributed by atoms with van der Waals surface area (Å²) in [5.41, 5.74) is 2.00. The van der Waals surface area contributed by atoms with Gasteiger partial charge < -0.3 is 10.2 Å². The van der Waals surface area contributed by atoms with Gasteiger partial charge in [-0.1, -0.05) is 60.7 Å². The molecule has 38 heavy (non-hydrogen) atoms. The van der Waals surface area contributed by atoms with E-state index in [1.54, 1.807) is 0 Å². The largest absolute Gasteiger partial charge is 0.352 e. The fourth-order valence-corrected chi connectivity index (χ4v) is 6.88. The van der Waals surface area contributed by atoms with Crippen LogP contribution in [0.15, 0.2) is 91.0 Å². The summed E-state index contributed by atoms with van der Waals surface area (Å²) in [5, 5.41) is 5.09. The molecule has 1 N–H and O–H groups in total. The van der Waals surface area contributed by atoms with Crippen LogP contribution in [0, 0.1) is 11.7 Å². The second-order valence-electron chi connectivity index (χ2n) is 10.2. The molecule has 3 heterocycles. The molecule has 0 radical (unpaired) electrons. The van der Waals surface area contributed by atoms with Crippen molar-refractivity contribution in [2.24, 2.45) is 5.92 Å². The van der Waals surface area contributed by atoms with Crippen molar-refractivity contribution < 1.29 is 18.8 Å². The fraction of sp³-hybridized carbons (Fsp3) is 0.156. The number of Topliss-reactive ketones (excluding diaryl/α,β-unsaturated/α-hetero) is 2. The minimum absolute atomic E-state index is 0.209. The van der Waals surface area contributed by atoms with Gasteiger partial charge in [-0.05, 0) is 59.7 Å². The predicted octanol–water partition coefficient (Wildman–Crippen LogP) is 5.54. The lowest BCUT2D eigenvalue weighted by atomic mass is 9.64. The first-order valence-corrected chi connectivity index (χ1v) is 12.6. The van der Waals surface area contributed by atoms with Gasteiger partial charge in [0, 0.05) is 22.5 Å². The first-order valence-electron chi connectivity index (χ1n) is 12.6. The Kier molecular flexibility index (Phi) is 4.73. The van der Waals surface area contributed by atoms with Crippen LogP contribution in [0.3, 0.4) is 0 Å². The van der Waals surface area contributed by atoms with Gasteiger partial charge in [0.25, 0.3) is 0 Å². The van der Waals surface area contributed by atoms with Crippen molar-refractivity contribution in [2.45, 2.75) is 24.4 Å². The maximum atomic E-state index is 14.4. The Morgan fingerprint density at radius 2 is 1.66 bits per heavy atom. The summed E-state index contributed by atoms with van der Waals surface area (Å²) in [6.07, 6.45) is 3.97. The van der Waals surface area contributed by atoms with Crippen LogP contribution in [-0.4, -0.2) is 29.6 Å². The van der Waals surface area contributed by atoms with Gasteiger partial charge in [-0.2, -0.15) is 0 Å². The Morgan fingerprint density at radius 1 is 0.921 bits per heavy atom. The number of benzene rings is 4. The molecule has 3 aliphatic rings. The Balaban J connectivity index is 1.53. The number of anilines is 2. The molecule has 5 nitrogen and oxygen atoms in total. The lowest BCUT2D eigenvalue weighted by molar-refractivity contribution is -0.122. The molecule has 3 aliphatic heterocycles. The molecule has 0 unspecified atom stereocenters. The Labute approximate surface area is 218 Å². The third-order valence-corrected chi connectivity index (χ3v) is 8.37. The smallest absolute Gasteiger partial charge is 0.238 e. The van der Waals surface area contributed by atoms with Crippen molar-refractivity contribution in [2.75, 3.05) is 10.2 Å². The summed E-state index contributed by atoms with van der Waals surface area (Å²) in [4.78, 5) is 44.0. The Morgan fingerprint density at radius 3 is 2.45 bits per heavy atom. The third-order valence-electron chi connectivity index (χ3n) is 8.37. The lowest BCUT2D eigenvalue weighted by Crippen LogP contribution is -2.51. The van der Waals surface area contributed by atoms with Gasteiger partial charge in [0.1, 0.15) is 11.2 Å². The second kappa shape index (κ2) is 7.96. The molecule has 0 saturated carbocycles. The summed E-state index contributed by atoms with van der Waals surface area (Å²) < 4.78 is 13.8. The first kappa shape index (κ1) is 22.6. The number of nitrogens with zero attached hydrogens (tertiary/aromatic N) is 1. The number of para-hydroxylation sites is 1. The average molecular weight is 503 g/mol. The van der Waals surface area contributed by atoms with Gasteiger partial charge in [-0.3, -0.25) is 14.4 Å². The molecule has 1 saturated heterocycles. The van der Waals surface area contributed by atoms with Crippen molar-refractivity contribution in [1.82, 2.24) is 0 Å². The van der Waals surface area contributed by atoms with E-state index in [0.717, 1.165) is 22.0 Å². The Bertz CT molecular complexity index is 1710. The molecular formula is C32H23FN2O3. The molecule has 6 heteroatoms. The van der Waals surface area contributed by atoms with E-state index in [9.17, 15) is 18.8 Å². The van der Waals surface area contributed by atoms with Crippen molar-refractivity contribution in [1.29, 1.82) is 0 Å². The number of carbonyl (C=O) groups excluding carboxylic acids is 3. The maximum Gasteiger partial charge on any atom is 0.238 e. The highest BCUT2D eigenvalue weighted by Gasteiger charge is 2.69. The molecule has 7 rings (SSSR count). The highest BCUT2D eigenvalue weighted by Crippen LogP contribution is 2.58. The number of fused-ring (bicyclic) bond motifs is 8. The second-order valence-corrected chi connectivity index (χ2v) is 10.2. The van der Waals surface area contributed by atoms with E-state index in [0.29, 0.717) is 11.3 Å². The number of amides is 1. The number of ketones is 2. The number of carbonyl (C=O) groups is 3. The van der Waals surface area contributed by atoms with Crippen LogP contribution in [0.25, 0.3) is 16.8 Å². The van der Waals surface area contributed by atoms with Crippen LogP contribution >= 0.6 is 0 Å². The summed E-state index contributed by atoms with van der Waals surface area (Å²) in [6, 6.07) is 23.2. The van der Waals surface area contributed by atoms with Gasteiger partial charge in [-0.25, -0.2) is 4.39 Å². The van der Waals surface area contributed by atoms with E-state index in [1.807, 2.05) is 77.7 Å². The van der Waals surface area contributed by atoms with E-state index < -0.39 is 29.2 Å². The molecule has 4 aromatic rings. The van der Waals surface area contributed by atoms with Crippen molar-refractivity contribution in [3.05, 3.63) is 114 Å². The molecule has 1 spiro atoms. The van der Waals surface area contributed by atoms with Crippen molar-refractivity contribution >= 4 is 45.7 Å². The molecule has 4 aromatic carbocycles. The summed E-state index contributed by atoms with van der Waals surface area (Å²) in [5.74, 6) is -2.37. The zero-order valence-electron chi connectivity index (χ0n) is 20.5. The van der Waals surface area contributed by atoms with E-state index in [1.165, 1.54) is 31.2 Å². The van der Waals surface area contributed by atoms with Crippen LogP contribution in [0.4, 0.5) is 15.8 Å². The van der Waals surface area contributed by atoms with E-state index in [2.05, 4.69) is 5.32 Å². The normalized spacial score (nSPS) is 24.7.